The standard InChI is InChI=1S/C11H20N2/c1-3-6-10(7-4-2)11-12-8-5-9-13-11/h5,8,10H,3-4,6-7,9H2,1-2H3,(H,12,13). The second kappa shape index (κ2) is 5.79. The van der Waals surface area contributed by atoms with Gasteiger partial charge in [0, 0.05) is 5.92 Å². The summed E-state index contributed by atoms with van der Waals surface area (Å²) in [4.78, 5) is 4.49. The average Bonchev–Trinajstić information content (AvgIpc) is 2.19. The largest absolute Gasteiger partial charge is 0.350 e. The number of aliphatic imine (C=N–C) groups is 1. The molecule has 2 heteroatoms. The van der Waals surface area contributed by atoms with Crippen LogP contribution in [-0.4, -0.2) is 12.4 Å². The van der Waals surface area contributed by atoms with E-state index in [4.69, 9.17) is 0 Å². The summed E-state index contributed by atoms with van der Waals surface area (Å²) in [7, 11) is 0. The summed E-state index contributed by atoms with van der Waals surface area (Å²) in [5.41, 5.74) is 0. The molecule has 0 amide bonds. The average molecular weight is 180 g/mol. The van der Waals surface area contributed by atoms with Crippen LogP contribution in [0.2, 0.25) is 0 Å². The predicted octanol–water partition coefficient (Wildman–Crippen LogP) is 2.72. The smallest absolute Gasteiger partial charge is 0.104 e. The van der Waals surface area contributed by atoms with Gasteiger partial charge in [-0.1, -0.05) is 26.7 Å². The van der Waals surface area contributed by atoms with Crippen molar-refractivity contribution < 1.29 is 0 Å². The van der Waals surface area contributed by atoms with Crippen LogP contribution in [0.25, 0.3) is 0 Å². The first-order valence-corrected chi connectivity index (χ1v) is 5.34. The molecule has 1 N–H and O–H groups in total. The van der Waals surface area contributed by atoms with Crippen molar-refractivity contribution in [2.45, 2.75) is 39.5 Å². The van der Waals surface area contributed by atoms with Crippen LogP contribution in [0.3, 0.4) is 0 Å². The van der Waals surface area contributed by atoms with Gasteiger partial charge in [0.1, 0.15) is 5.84 Å². The van der Waals surface area contributed by atoms with Crippen LogP contribution in [0, 0.1) is 5.92 Å². The molecule has 0 radical (unpaired) electrons. The number of nitrogens with one attached hydrogen (secondary N) is 1. The summed E-state index contributed by atoms with van der Waals surface area (Å²) in [6, 6.07) is 0. The minimum Gasteiger partial charge on any atom is -0.350 e. The molecule has 74 valence electrons. The summed E-state index contributed by atoms with van der Waals surface area (Å²) in [6.07, 6.45) is 9.07. The van der Waals surface area contributed by atoms with Crippen molar-refractivity contribution in [3.05, 3.63) is 12.3 Å². The van der Waals surface area contributed by atoms with Crippen molar-refractivity contribution in [2.75, 3.05) is 6.54 Å². The summed E-state index contributed by atoms with van der Waals surface area (Å²) in [5, 5.41) is 3.26. The number of hydrogen-bond acceptors (Lipinski definition) is 2. The fourth-order valence-electron chi connectivity index (χ4n) is 1.76. The quantitative estimate of drug-likeness (QED) is 0.691. The van der Waals surface area contributed by atoms with E-state index < -0.39 is 0 Å². The molecule has 0 unspecified atom stereocenters. The van der Waals surface area contributed by atoms with Gasteiger partial charge in [-0.3, -0.25) is 4.99 Å². The lowest BCUT2D eigenvalue weighted by Gasteiger charge is -2.19. The topological polar surface area (TPSA) is 24.4 Å². The van der Waals surface area contributed by atoms with E-state index in [9.17, 15) is 0 Å². The van der Waals surface area contributed by atoms with E-state index >= 15 is 0 Å². The molecule has 0 spiro atoms. The SMILES string of the molecule is CCCC(CCC)C1=NCC=CN1. The van der Waals surface area contributed by atoms with Crippen LogP contribution in [-0.2, 0) is 0 Å². The molecule has 0 saturated carbocycles. The molecule has 0 aromatic carbocycles. The fourth-order valence-corrected chi connectivity index (χ4v) is 1.76. The fraction of sp³-hybridized carbons (Fsp3) is 0.727. The predicted molar refractivity (Wildman–Crippen MR) is 57.9 cm³/mol. The molecule has 0 saturated heterocycles. The molecule has 1 aliphatic heterocycles. The van der Waals surface area contributed by atoms with E-state index in [1.807, 2.05) is 6.20 Å². The lowest BCUT2D eigenvalue weighted by molar-refractivity contribution is 0.547. The Morgan fingerprint density at radius 1 is 1.38 bits per heavy atom. The van der Waals surface area contributed by atoms with Crippen LogP contribution in [0.4, 0.5) is 0 Å². The third kappa shape index (κ3) is 3.21. The molecule has 0 aromatic rings. The molecule has 0 bridgehead atoms. The van der Waals surface area contributed by atoms with Crippen molar-refractivity contribution in [1.29, 1.82) is 0 Å². The minimum atomic E-state index is 0.653. The maximum Gasteiger partial charge on any atom is 0.104 e. The van der Waals surface area contributed by atoms with Gasteiger partial charge in [-0.2, -0.15) is 0 Å². The second-order valence-electron chi connectivity index (χ2n) is 3.55. The molecule has 1 aliphatic rings. The molecule has 13 heavy (non-hydrogen) atoms. The zero-order valence-electron chi connectivity index (χ0n) is 8.71. The number of rotatable bonds is 5. The molecule has 0 aliphatic carbocycles. The molecule has 0 aromatic heterocycles. The highest BCUT2D eigenvalue weighted by atomic mass is 15.0. The molecule has 0 atom stereocenters. The van der Waals surface area contributed by atoms with E-state index in [0.717, 1.165) is 6.54 Å². The molecule has 0 fully saturated rings. The Morgan fingerprint density at radius 3 is 2.54 bits per heavy atom. The highest BCUT2D eigenvalue weighted by Gasteiger charge is 2.13. The number of amidine groups is 1. The minimum absolute atomic E-state index is 0.653. The Hall–Kier alpha value is -0.790. The van der Waals surface area contributed by atoms with Crippen molar-refractivity contribution in [3.8, 4) is 0 Å². The van der Waals surface area contributed by atoms with Crippen molar-refractivity contribution in [3.63, 3.8) is 0 Å². The first-order valence-electron chi connectivity index (χ1n) is 5.34. The van der Waals surface area contributed by atoms with Gasteiger partial charge in [0.2, 0.25) is 0 Å². The third-order valence-electron chi connectivity index (χ3n) is 2.38. The van der Waals surface area contributed by atoms with Gasteiger partial charge in [-0.05, 0) is 25.1 Å². The van der Waals surface area contributed by atoms with E-state index in [2.05, 4.69) is 30.2 Å². The van der Waals surface area contributed by atoms with E-state index in [-0.39, 0.29) is 0 Å². The zero-order chi connectivity index (χ0) is 9.52. The second-order valence-corrected chi connectivity index (χ2v) is 3.55. The van der Waals surface area contributed by atoms with E-state index in [1.54, 1.807) is 0 Å². The van der Waals surface area contributed by atoms with Crippen molar-refractivity contribution in [1.82, 2.24) is 5.32 Å². The number of hydrogen-bond donors (Lipinski definition) is 1. The summed E-state index contributed by atoms with van der Waals surface area (Å²) >= 11 is 0. The Kier molecular flexibility index (Phi) is 4.58. The van der Waals surface area contributed by atoms with Crippen molar-refractivity contribution >= 4 is 5.84 Å². The first-order chi connectivity index (χ1) is 6.38. The molecule has 2 nitrogen and oxygen atoms in total. The first kappa shape index (κ1) is 10.3. The normalized spacial score (nSPS) is 15.8. The molecular weight excluding hydrogens is 160 g/mol. The van der Waals surface area contributed by atoms with Crippen molar-refractivity contribution in [2.24, 2.45) is 10.9 Å². The van der Waals surface area contributed by atoms with Gasteiger partial charge in [-0.25, -0.2) is 0 Å². The van der Waals surface area contributed by atoms with Crippen LogP contribution in [0.15, 0.2) is 17.3 Å². The van der Waals surface area contributed by atoms with Gasteiger partial charge in [0.25, 0.3) is 0 Å². The monoisotopic (exact) mass is 180 g/mol. The van der Waals surface area contributed by atoms with Gasteiger partial charge in [0.15, 0.2) is 0 Å². The Morgan fingerprint density at radius 2 is 2.08 bits per heavy atom. The van der Waals surface area contributed by atoms with Crippen LogP contribution >= 0.6 is 0 Å². The van der Waals surface area contributed by atoms with Gasteiger partial charge < -0.3 is 5.32 Å². The molecule has 1 rings (SSSR count). The van der Waals surface area contributed by atoms with Gasteiger partial charge >= 0.3 is 0 Å². The third-order valence-corrected chi connectivity index (χ3v) is 2.38. The lowest BCUT2D eigenvalue weighted by atomic mass is 9.96. The van der Waals surface area contributed by atoms with Crippen LogP contribution < -0.4 is 5.32 Å². The Bertz CT molecular complexity index is 188. The molecule has 1 heterocycles. The lowest BCUT2D eigenvalue weighted by Crippen LogP contribution is -2.29. The van der Waals surface area contributed by atoms with E-state index in [0.29, 0.717) is 5.92 Å². The highest BCUT2D eigenvalue weighted by Crippen LogP contribution is 2.15. The Balaban J connectivity index is 2.47. The number of nitrogens with zero attached hydrogens (tertiary/aromatic N) is 1. The highest BCUT2D eigenvalue weighted by molar-refractivity contribution is 5.86. The zero-order valence-corrected chi connectivity index (χ0v) is 8.71. The maximum atomic E-state index is 4.49. The van der Waals surface area contributed by atoms with Gasteiger partial charge in [0.05, 0.1) is 6.54 Å². The van der Waals surface area contributed by atoms with Crippen LogP contribution in [0.5, 0.6) is 0 Å². The van der Waals surface area contributed by atoms with E-state index in [1.165, 1.54) is 31.5 Å². The summed E-state index contributed by atoms with van der Waals surface area (Å²) in [5.74, 6) is 1.85. The summed E-state index contributed by atoms with van der Waals surface area (Å²) < 4.78 is 0. The Labute approximate surface area is 81.1 Å². The molecular formula is C11H20N2. The van der Waals surface area contributed by atoms with Crippen LogP contribution in [0.1, 0.15) is 39.5 Å². The maximum absolute atomic E-state index is 4.49. The summed E-state index contributed by atoms with van der Waals surface area (Å²) in [6.45, 7) is 5.33. The van der Waals surface area contributed by atoms with Gasteiger partial charge in [-0.15, -0.1) is 0 Å².